The SMILES string of the molecule is O=C(O)CC1(C(=O)O)NC(c2cc(Br)ccc2O)C2C(=O)N(c3cccc([N+](=O)[O-])c3)C(=O)C21. The number of fused-ring (bicyclic) bond motifs is 1. The number of carbonyl (C=O) groups excluding carboxylic acids is 2. The lowest BCUT2D eigenvalue weighted by molar-refractivity contribution is -0.384. The Morgan fingerprint density at radius 3 is 2.47 bits per heavy atom. The normalized spacial score (nSPS) is 25.9. The van der Waals surface area contributed by atoms with Gasteiger partial charge in [0.2, 0.25) is 11.8 Å². The third kappa shape index (κ3) is 3.49. The highest BCUT2D eigenvalue weighted by atomic mass is 79.9. The molecule has 4 N–H and O–H groups in total. The molecule has 12 nitrogen and oxygen atoms in total. The number of aromatic hydroxyl groups is 1. The van der Waals surface area contributed by atoms with Crippen LogP contribution in [-0.4, -0.2) is 49.5 Å². The number of nitrogens with zero attached hydrogens (tertiary/aromatic N) is 2. The van der Waals surface area contributed by atoms with Gasteiger partial charge in [0.05, 0.1) is 28.9 Å². The summed E-state index contributed by atoms with van der Waals surface area (Å²) in [5.41, 5.74) is -2.84. The van der Waals surface area contributed by atoms with Crippen LogP contribution in [0.15, 0.2) is 46.9 Å². The predicted molar refractivity (Wildman–Crippen MR) is 117 cm³/mol. The van der Waals surface area contributed by atoms with Gasteiger partial charge in [-0.2, -0.15) is 0 Å². The van der Waals surface area contributed by atoms with Crippen LogP contribution in [0.1, 0.15) is 18.0 Å². The molecule has 2 aliphatic rings. The van der Waals surface area contributed by atoms with Crippen molar-refractivity contribution in [2.45, 2.75) is 18.0 Å². The number of phenolic OH excluding ortho intramolecular Hbond substituents is 1. The van der Waals surface area contributed by atoms with Gasteiger partial charge in [-0.05, 0) is 24.3 Å². The molecule has 0 radical (unpaired) electrons. The lowest BCUT2D eigenvalue weighted by atomic mass is 9.77. The Morgan fingerprint density at radius 2 is 1.85 bits per heavy atom. The van der Waals surface area contributed by atoms with E-state index in [0.29, 0.717) is 9.37 Å². The standard InChI is InChI=1S/C21H16BrN3O9/c22-9-4-5-13(26)12(6-9)17-15-16(21(23-17,20(31)32)8-14(27)28)19(30)24(18(15)29)10-2-1-3-11(7-10)25(33)34/h1-7,15-17,23,26H,8H2,(H,27,28)(H,31,32). The van der Waals surface area contributed by atoms with Crippen LogP contribution in [-0.2, 0) is 19.2 Å². The fourth-order valence-electron chi connectivity index (χ4n) is 4.72. The first-order valence-electron chi connectivity index (χ1n) is 9.81. The van der Waals surface area contributed by atoms with Gasteiger partial charge in [0.15, 0.2) is 0 Å². The molecule has 0 aliphatic carbocycles. The second-order valence-corrected chi connectivity index (χ2v) is 8.88. The van der Waals surface area contributed by atoms with E-state index in [1.54, 1.807) is 0 Å². The van der Waals surface area contributed by atoms with E-state index < -0.39 is 64.2 Å². The fraction of sp³-hybridized carbons (Fsp3) is 0.238. The topological polar surface area (TPSA) is 187 Å². The molecule has 34 heavy (non-hydrogen) atoms. The van der Waals surface area contributed by atoms with Gasteiger partial charge in [0.1, 0.15) is 11.3 Å². The zero-order chi connectivity index (χ0) is 24.9. The second-order valence-electron chi connectivity index (χ2n) is 7.96. The molecule has 2 amide bonds. The average molecular weight is 534 g/mol. The van der Waals surface area contributed by atoms with Crippen molar-refractivity contribution in [1.29, 1.82) is 0 Å². The van der Waals surface area contributed by atoms with E-state index in [9.17, 15) is 44.6 Å². The first-order valence-corrected chi connectivity index (χ1v) is 10.6. The number of nitrogens with one attached hydrogen (secondary N) is 1. The smallest absolute Gasteiger partial charge is 0.325 e. The molecular formula is C21H16BrN3O9. The summed E-state index contributed by atoms with van der Waals surface area (Å²) in [6.45, 7) is 0. The summed E-state index contributed by atoms with van der Waals surface area (Å²) in [6.07, 6.45) is -1.03. The van der Waals surface area contributed by atoms with Gasteiger partial charge >= 0.3 is 11.9 Å². The molecule has 2 heterocycles. The number of nitro groups is 1. The van der Waals surface area contributed by atoms with E-state index in [4.69, 9.17) is 0 Å². The van der Waals surface area contributed by atoms with Crippen molar-refractivity contribution >= 4 is 51.1 Å². The molecule has 0 bridgehead atoms. The zero-order valence-corrected chi connectivity index (χ0v) is 18.6. The third-order valence-corrected chi connectivity index (χ3v) is 6.58. The minimum atomic E-state index is -2.38. The van der Waals surface area contributed by atoms with Crippen molar-refractivity contribution in [2.24, 2.45) is 11.8 Å². The van der Waals surface area contributed by atoms with Crippen molar-refractivity contribution in [1.82, 2.24) is 5.32 Å². The molecule has 0 saturated carbocycles. The molecule has 2 aromatic rings. The number of hydrogen-bond donors (Lipinski definition) is 4. The van der Waals surface area contributed by atoms with Gasteiger partial charge in [0.25, 0.3) is 5.69 Å². The van der Waals surface area contributed by atoms with Gasteiger partial charge < -0.3 is 15.3 Å². The monoisotopic (exact) mass is 533 g/mol. The minimum absolute atomic E-state index is 0.0833. The number of anilines is 1. The number of carboxylic acids is 2. The molecule has 2 aromatic carbocycles. The predicted octanol–water partition coefficient (Wildman–Crippen LogP) is 1.81. The van der Waals surface area contributed by atoms with Gasteiger partial charge in [-0.1, -0.05) is 22.0 Å². The first kappa shape index (κ1) is 23.3. The Kier molecular flexibility index (Phi) is 5.61. The lowest BCUT2D eigenvalue weighted by Gasteiger charge is -2.29. The second kappa shape index (κ2) is 8.18. The van der Waals surface area contributed by atoms with Gasteiger partial charge in [-0.3, -0.25) is 34.6 Å². The number of rotatable bonds is 6. The van der Waals surface area contributed by atoms with E-state index in [0.717, 1.165) is 12.1 Å². The molecule has 2 fully saturated rings. The van der Waals surface area contributed by atoms with Crippen LogP contribution in [0.5, 0.6) is 5.75 Å². The number of imide groups is 1. The number of non-ortho nitro benzene ring substituents is 1. The van der Waals surface area contributed by atoms with Crippen molar-refractivity contribution in [2.75, 3.05) is 4.90 Å². The van der Waals surface area contributed by atoms with E-state index in [1.165, 1.54) is 30.3 Å². The summed E-state index contributed by atoms with van der Waals surface area (Å²) in [5.74, 6) is -8.43. The third-order valence-electron chi connectivity index (χ3n) is 6.09. The number of halogens is 1. The quantitative estimate of drug-likeness (QED) is 0.242. The first-order chi connectivity index (χ1) is 16.0. The molecule has 176 valence electrons. The molecular weight excluding hydrogens is 518 g/mol. The highest BCUT2D eigenvalue weighted by molar-refractivity contribution is 9.10. The molecule has 0 aromatic heterocycles. The summed E-state index contributed by atoms with van der Waals surface area (Å²) < 4.78 is 0.483. The zero-order valence-electron chi connectivity index (χ0n) is 17.0. The summed E-state index contributed by atoms with van der Waals surface area (Å²) >= 11 is 3.24. The van der Waals surface area contributed by atoms with Crippen LogP contribution < -0.4 is 10.2 Å². The molecule has 4 atom stereocenters. The number of hydrogen-bond acceptors (Lipinski definition) is 8. The molecule has 4 rings (SSSR count). The summed E-state index contributed by atoms with van der Waals surface area (Å²) in [6, 6.07) is 7.69. The van der Waals surface area contributed by atoms with Crippen LogP contribution in [0.4, 0.5) is 11.4 Å². The number of carboxylic acid groups (broad SMARTS) is 2. The highest BCUT2D eigenvalue weighted by Gasteiger charge is 2.69. The number of aliphatic carboxylic acids is 2. The Bertz CT molecular complexity index is 1270. The molecule has 4 unspecified atom stereocenters. The van der Waals surface area contributed by atoms with E-state index >= 15 is 0 Å². The summed E-state index contributed by atoms with van der Waals surface area (Å²) in [7, 11) is 0. The maximum absolute atomic E-state index is 13.5. The maximum atomic E-state index is 13.5. The maximum Gasteiger partial charge on any atom is 0.325 e. The van der Waals surface area contributed by atoms with Gasteiger partial charge in [-0.25, -0.2) is 4.90 Å². The number of carbonyl (C=O) groups is 4. The Labute approximate surface area is 199 Å². The van der Waals surface area contributed by atoms with Crippen LogP contribution in [0.25, 0.3) is 0 Å². The number of nitro benzene ring substituents is 1. The molecule has 13 heteroatoms. The Morgan fingerprint density at radius 1 is 1.15 bits per heavy atom. The van der Waals surface area contributed by atoms with E-state index in [-0.39, 0.29) is 17.0 Å². The number of amides is 2. The number of phenols is 1. The molecule has 2 aliphatic heterocycles. The summed E-state index contributed by atoms with van der Waals surface area (Å²) in [5, 5.41) is 43.8. The fourth-order valence-corrected chi connectivity index (χ4v) is 5.10. The lowest BCUT2D eigenvalue weighted by Crippen LogP contribution is -2.57. The minimum Gasteiger partial charge on any atom is -0.508 e. The van der Waals surface area contributed by atoms with Crippen LogP contribution >= 0.6 is 15.9 Å². The van der Waals surface area contributed by atoms with Crippen LogP contribution in [0.2, 0.25) is 0 Å². The largest absolute Gasteiger partial charge is 0.508 e. The Hall–Kier alpha value is -3.84. The van der Waals surface area contributed by atoms with E-state index in [1.807, 2.05) is 0 Å². The van der Waals surface area contributed by atoms with Gasteiger partial charge in [-0.15, -0.1) is 0 Å². The van der Waals surface area contributed by atoms with Crippen molar-refractivity contribution < 1.29 is 39.4 Å². The van der Waals surface area contributed by atoms with Crippen molar-refractivity contribution in [3.63, 3.8) is 0 Å². The molecule has 0 spiro atoms. The summed E-state index contributed by atoms with van der Waals surface area (Å²) in [4.78, 5) is 62.1. The van der Waals surface area contributed by atoms with Crippen molar-refractivity contribution in [3.8, 4) is 5.75 Å². The van der Waals surface area contributed by atoms with E-state index in [2.05, 4.69) is 21.2 Å². The van der Waals surface area contributed by atoms with Gasteiger partial charge in [0, 0.05) is 28.2 Å². The Balaban J connectivity index is 1.91. The average Bonchev–Trinajstić information content (AvgIpc) is 3.24. The van der Waals surface area contributed by atoms with Crippen LogP contribution in [0.3, 0.4) is 0 Å². The number of benzene rings is 2. The highest BCUT2D eigenvalue weighted by Crippen LogP contribution is 2.52. The van der Waals surface area contributed by atoms with Crippen LogP contribution in [0, 0.1) is 22.0 Å². The van der Waals surface area contributed by atoms with Crippen molar-refractivity contribution in [3.05, 3.63) is 62.6 Å². The molecule has 2 saturated heterocycles.